The number of nitrogens with one attached hydrogen (secondary N) is 1. The van der Waals surface area contributed by atoms with Crippen molar-refractivity contribution in [3.05, 3.63) is 35.9 Å². The summed E-state index contributed by atoms with van der Waals surface area (Å²) in [6.07, 6.45) is 8.37. The number of aryl methyl sites for hydroxylation is 1. The molecule has 1 saturated carbocycles. The first kappa shape index (κ1) is 13.1. The van der Waals surface area contributed by atoms with E-state index in [9.17, 15) is 5.26 Å². The van der Waals surface area contributed by atoms with Crippen LogP contribution in [0.5, 0.6) is 0 Å². The summed E-state index contributed by atoms with van der Waals surface area (Å²) in [5.74, 6) is 0. The molecule has 0 radical (unpaired) electrons. The van der Waals surface area contributed by atoms with Crippen molar-refractivity contribution < 1.29 is 0 Å². The molecular formula is C16H22N2. The van der Waals surface area contributed by atoms with Crippen LogP contribution < -0.4 is 5.32 Å². The predicted molar refractivity (Wildman–Crippen MR) is 74.2 cm³/mol. The van der Waals surface area contributed by atoms with Gasteiger partial charge in [0.05, 0.1) is 12.1 Å². The molecule has 0 aromatic heterocycles. The van der Waals surface area contributed by atoms with Crippen LogP contribution in [0.4, 0.5) is 0 Å². The molecule has 2 heteroatoms. The van der Waals surface area contributed by atoms with Crippen molar-refractivity contribution in [3.8, 4) is 6.07 Å². The molecule has 1 aromatic rings. The Labute approximate surface area is 110 Å². The molecule has 1 N–H and O–H groups in total. The summed E-state index contributed by atoms with van der Waals surface area (Å²) in [5.41, 5.74) is 1.32. The Morgan fingerprint density at radius 2 is 1.89 bits per heavy atom. The summed E-state index contributed by atoms with van der Waals surface area (Å²) < 4.78 is 0. The molecule has 1 aliphatic carbocycles. The molecule has 1 fully saturated rings. The van der Waals surface area contributed by atoms with E-state index in [-0.39, 0.29) is 6.04 Å². The Balaban J connectivity index is 1.77. The van der Waals surface area contributed by atoms with Gasteiger partial charge in [-0.1, -0.05) is 49.6 Å². The summed E-state index contributed by atoms with van der Waals surface area (Å²) in [5, 5.41) is 12.7. The van der Waals surface area contributed by atoms with E-state index in [0.717, 1.165) is 12.8 Å². The van der Waals surface area contributed by atoms with Crippen LogP contribution in [-0.4, -0.2) is 12.1 Å². The maximum absolute atomic E-state index is 9.22. The lowest BCUT2D eigenvalue weighted by Gasteiger charge is -2.25. The molecule has 0 aliphatic heterocycles. The first-order valence-electron chi connectivity index (χ1n) is 7.08. The third-order valence-corrected chi connectivity index (χ3v) is 3.76. The van der Waals surface area contributed by atoms with Crippen molar-refractivity contribution in [3.63, 3.8) is 0 Å². The highest BCUT2D eigenvalue weighted by Gasteiger charge is 2.17. The fourth-order valence-corrected chi connectivity index (χ4v) is 2.69. The Morgan fingerprint density at radius 3 is 2.56 bits per heavy atom. The van der Waals surface area contributed by atoms with E-state index in [1.807, 2.05) is 6.07 Å². The third kappa shape index (κ3) is 4.16. The molecule has 1 aromatic carbocycles. The Morgan fingerprint density at radius 1 is 1.17 bits per heavy atom. The van der Waals surface area contributed by atoms with Crippen LogP contribution in [0.2, 0.25) is 0 Å². The van der Waals surface area contributed by atoms with Gasteiger partial charge in [0, 0.05) is 6.04 Å². The molecule has 2 nitrogen and oxygen atoms in total. The first-order valence-corrected chi connectivity index (χ1v) is 7.08. The predicted octanol–water partition coefficient (Wildman–Crippen LogP) is 3.43. The fraction of sp³-hybridized carbons (Fsp3) is 0.562. The van der Waals surface area contributed by atoms with Gasteiger partial charge in [-0.15, -0.1) is 0 Å². The number of benzene rings is 1. The van der Waals surface area contributed by atoms with E-state index < -0.39 is 0 Å². The SMILES string of the molecule is N#CC(CCc1ccccc1)NC1CCCCC1. The number of rotatable bonds is 5. The van der Waals surface area contributed by atoms with E-state index in [2.05, 4.69) is 35.7 Å². The molecule has 1 unspecified atom stereocenters. The van der Waals surface area contributed by atoms with Crippen molar-refractivity contribution in [2.75, 3.05) is 0 Å². The zero-order chi connectivity index (χ0) is 12.6. The molecule has 0 heterocycles. The highest BCUT2D eigenvalue weighted by molar-refractivity contribution is 5.15. The van der Waals surface area contributed by atoms with Gasteiger partial charge < -0.3 is 0 Å². The van der Waals surface area contributed by atoms with Gasteiger partial charge in [-0.3, -0.25) is 5.32 Å². The van der Waals surface area contributed by atoms with Crippen molar-refractivity contribution >= 4 is 0 Å². The zero-order valence-electron chi connectivity index (χ0n) is 10.9. The van der Waals surface area contributed by atoms with Crippen molar-refractivity contribution in [1.29, 1.82) is 5.26 Å². The van der Waals surface area contributed by atoms with Crippen LogP contribution >= 0.6 is 0 Å². The second-order valence-electron chi connectivity index (χ2n) is 5.21. The number of nitrogens with zero attached hydrogens (tertiary/aromatic N) is 1. The van der Waals surface area contributed by atoms with Crippen molar-refractivity contribution in [2.24, 2.45) is 0 Å². The normalized spacial score (nSPS) is 18.2. The summed E-state index contributed by atoms with van der Waals surface area (Å²) in [6, 6.07) is 13.4. The number of hydrogen-bond donors (Lipinski definition) is 1. The van der Waals surface area contributed by atoms with E-state index in [0.29, 0.717) is 6.04 Å². The largest absolute Gasteiger partial charge is 0.299 e. The maximum Gasteiger partial charge on any atom is 0.0958 e. The molecule has 18 heavy (non-hydrogen) atoms. The van der Waals surface area contributed by atoms with Crippen molar-refractivity contribution in [1.82, 2.24) is 5.32 Å². The zero-order valence-corrected chi connectivity index (χ0v) is 10.9. The lowest BCUT2D eigenvalue weighted by Crippen LogP contribution is -2.38. The summed E-state index contributed by atoms with van der Waals surface area (Å²) in [6.45, 7) is 0. The number of nitriles is 1. The maximum atomic E-state index is 9.22. The highest BCUT2D eigenvalue weighted by Crippen LogP contribution is 2.18. The van der Waals surface area contributed by atoms with E-state index in [1.54, 1.807) is 0 Å². The van der Waals surface area contributed by atoms with Crippen molar-refractivity contribution in [2.45, 2.75) is 57.0 Å². The first-order chi connectivity index (χ1) is 8.88. The van der Waals surface area contributed by atoms with Crippen LogP contribution in [-0.2, 0) is 6.42 Å². The fourth-order valence-electron chi connectivity index (χ4n) is 2.69. The molecule has 96 valence electrons. The third-order valence-electron chi connectivity index (χ3n) is 3.76. The van der Waals surface area contributed by atoms with Gasteiger partial charge in [-0.25, -0.2) is 0 Å². The van der Waals surface area contributed by atoms with E-state index >= 15 is 0 Å². The van der Waals surface area contributed by atoms with Crippen LogP contribution in [0.25, 0.3) is 0 Å². The van der Waals surface area contributed by atoms with Crippen LogP contribution in [0.3, 0.4) is 0 Å². The molecule has 1 aliphatic rings. The van der Waals surface area contributed by atoms with E-state index in [1.165, 1.54) is 37.7 Å². The molecule has 1 atom stereocenters. The van der Waals surface area contributed by atoms with Gasteiger partial charge >= 0.3 is 0 Å². The second-order valence-corrected chi connectivity index (χ2v) is 5.21. The highest BCUT2D eigenvalue weighted by atomic mass is 14.9. The lowest BCUT2D eigenvalue weighted by molar-refractivity contribution is 0.351. The van der Waals surface area contributed by atoms with E-state index in [4.69, 9.17) is 0 Å². The van der Waals surface area contributed by atoms with Crippen LogP contribution in [0, 0.1) is 11.3 Å². The minimum absolute atomic E-state index is 0.00769. The molecule has 0 bridgehead atoms. The van der Waals surface area contributed by atoms with Gasteiger partial charge in [0.25, 0.3) is 0 Å². The van der Waals surface area contributed by atoms with Crippen LogP contribution in [0.1, 0.15) is 44.1 Å². The van der Waals surface area contributed by atoms with Gasteiger partial charge in [0.2, 0.25) is 0 Å². The average Bonchev–Trinajstić information content (AvgIpc) is 2.45. The summed E-state index contributed by atoms with van der Waals surface area (Å²) in [4.78, 5) is 0. The minimum atomic E-state index is 0.00769. The van der Waals surface area contributed by atoms with Gasteiger partial charge in [0.1, 0.15) is 0 Å². The molecule has 0 spiro atoms. The standard InChI is InChI=1S/C16H22N2/c17-13-16(18-15-9-5-2-6-10-15)12-11-14-7-3-1-4-8-14/h1,3-4,7-8,15-16,18H,2,5-6,9-12H2. The molecule has 2 rings (SSSR count). The molecular weight excluding hydrogens is 220 g/mol. The topological polar surface area (TPSA) is 35.8 Å². The number of hydrogen-bond acceptors (Lipinski definition) is 2. The average molecular weight is 242 g/mol. The van der Waals surface area contributed by atoms with Gasteiger partial charge in [-0.05, 0) is 31.2 Å². The summed E-state index contributed by atoms with van der Waals surface area (Å²) in [7, 11) is 0. The lowest BCUT2D eigenvalue weighted by atomic mass is 9.94. The molecule has 0 amide bonds. The Kier molecular flexibility index (Phi) is 5.23. The van der Waals surface area contributed by atoms with Gasteiger partial charge in [0.15, 0.2) is 0 Å². The van der Waals surface area contributed by atoms with Gasteiger partial charge in [-0.2, -0.15) is 5.26 Å². The quantitative estimate of drug-likeness (QED) is 0.858. The monoisotopic (exact) mass is 242 g/mol. The Bertz CT molecular complexity index is 374. The Hall–Kier alpha value is -1.33. The minimum Gasteiger partial charge on any atom is -0.299 e. The summed E-state index contributed by atoms with van der Waals surface area (Å²) >= 11 is 0. The smallest absolute Gasteiger partial charge is 0.0958 e. The molecule has 0 saturated heterocycles. The second kappa shape index (κ2) is 7.18. The van der Waals surface area contributed by atoms with Crippen LogP contribution in [0.15, 0.2) is 30.3 Å².